The maximum atomic E-state index is 14.2. The van der Waals surface area contributed by atoms with Crippen LogP contribution in [0.4, 0.5) is 8.78 Å². The second-order valence-corrected chi connectivity index (χ2v) is 5.95. The summed E-state index contributed by atoms with van der Waals surface area (Å²) in [6.07, 6.45) is 0.964. The third kappa shape index (κ3) is 1.98. The van der Waals surface area contributed by atoms with Crippen LogP contribution in [0.3, 0.4) is 0 Å². The summed E-state index contributed by atoms with van der Waals surface area (Å²) in [7, 11) is 0. The first-order chi connectivity index (χ1) is 9.07. The molecule has 0 radical (unpaired) electrons. The molecule has 0 amide bonds. The Bertz CT molecular complexity index is 451. The van der Waals surface area contributed by atoms with Crippen molar-refractivity contribution >= 4 is 0 Å². The van der Waals surface area contributed by atoms with Gasteiger partial charge in [0.2, 0.25) is 0 Å². The zero-order chi connectivity index (χ0) is 13.5. The smallest absolute Gasteiger partial charge is 0.261 e. The Morgan fingerprint density at radius 2 is 2.00 bits per heavy atom. The Balaban J connectivity index is 1.78. The quantitative estimate of drug-likeness (QED) is 0.909. The number of aliphatic hydroxyl groups excluding tert-OH is 1. The number of rotatable bonds is 3. The van der Waals surface area contributed by atoms with Gasteiger partial charge in [0.25, 0.3) is 5.92 Å². The van der Waals surface area contributed by atoms with Crippen molar-refractivity contribution in [1.29, 1.82) is 0 Å². The van der Waals surface area contributed by atoms with Gasteiger partial charge in [0.15, 0.2) is 0 Å². The first-order valence-electron chi connectivity index (χ1n) is 6.82. The first-order valence-corrected chi connectivity index (χ1v) is 6.82. The Kier molecular flexibility index (Phi) is 3.10. The van der Waals surface area contributed by atoms with E-state index in [0.29, 0.717) is 32.5 Å². The molecule has 1 heterocycles. The van der Waals surface area contributed by atoms with Gasteiger partial charge in [-0.05, 0) is 18.4 Å². The van der Waals surface area contributed by atoms with E-state index in [4.69, 9.17) is 0 Å². The molecule has 104 valence electrons. The topological polar surface area (TPSA) is 23.5 Å². The molecule has 4 heteroatoms. The largest absolute Gasteiger partial charge is 0.396 e. The summed E-state index contributed by atoms with van der Waals surface area (Å²) in [6, 6.07) is 9.90. The van der Waals surface area contributed by atoms with E-state index < -0.39 is 23.9 Å². The summed E-state index contributed by atoms with van der Waals surface area (Å²) in [5.74, 6) is -3.31. The summed E-state index contributed by atoms with van der Waals surface area (Å²) in [5, 5.41) is 9.48. The van der Waals surface area contributed by atoms with E-state index in [2.05, 4.69) is 4.90 Å². The lowest BCUT2D eigenvalue weighted by molar-refractivity contribution is -0.185. The Morgan fingerprint density at radius 3 is 2.68 bits per heavy atom. The average molecular weight is 267 g/mol. The Labute approximate surface area is 112 Å². The number of alkyl halides is 2. The standard InChI is InChI=1S/C15H19F2NO/c16-15(17)13-6-7-14(15,11-19)10-18(9-13)8-12-4-2-1-3-5-12/h1-5,13,19H,6-11H2/t13-,14+/m1/s1. The van der Waals surface area contributed by atoms with Crippen LogP contribution in [0, 0.1) is 11.3 Å². The second kappa shape index (κ2) is 4.53. The van der Waals surface area contributed by atoms with Crippen molar-refractivity contribution in [3.63, 3.8) is 0 Å². The number of piperidine rings is 1. The molecule has 2 bridgehead atoms. The van der Waals surface area contributed by atoms with Crippen LogP contribution in [-0.4, -0.2) is 35.6 Å². The molecule has 1 saturated carbocycles. The van der Waals surface area contributed by atoms with E-state index in [0.717, 1.165) is 5.56 Å². The highest BCUT2D eigenvalue weighted by molar-refractivity contribution is 5.16. The van der Waals surface area contributed by atoms with Crippen molar-refractivity contribution in [1.82, 2.24) is 4.90 Å². The molecule has 2 aliphatic rings. The number of aliphatic hydroxyl groups is 1. The van der Waals surface area contributed by atoms with Crippen LogP contribution in [0.1, 0.15) is 18.4 Å². The van der Waals surface area contributed by atoms with Gasteiger partial charge >= 0.3 is 0 Å². The number of halogens is 2. The summed E-state index contributed by atoms with van der Waals surface area (Å²) >= 11 is 0. The van der Waals surface area contributed by atoms with Crippen LogP contribution in [0.25, 0.3) is 0 Å². The third-order valence-corrected chi connectivity index (χ3v) is 4.75. The van der Waals surface area contributed by atoms with E-state index in [1.807, 2.05) is 30.3 Å². The second-order valence-electron chi connectivity index (χ2n) is 5.95. The molecule has 2 atom stereocenters. The zero-order valence-electron chi connectivity index (χ0n) is 10.9. The van der Waals surface area contributed by atoms with Crippen molar-refractivity contribution in [3.8, 4) is 0 Å². The third-order valence-electron chi connectivity index (χ3n) is 4.75. The molecule has 1 aliphatic carbocycles. The van der Waals surface area contributed by atoms with E-state index in [-0.39, 0.29) is 0 Å². The van der Waals surface area contributed by atoms with E-state index in [1.54, 1.807) is 0 Å². The lowest BCUT2D eigenvalue weighted by Gasteiger charge is -2.45. The molecule has 1 aliphatic heterocycles. The molecule has 0 aromatic heterocycles. The van der Waals surface area contributed by atoms with Crippen LogP contribution in [0.2, 0.25) is 0 Å². The van der Waals surface area contributed by atoms with Gasteiger partial charge in [0, 0.05) is 25.6 Å². The molecule has 0 unspecified atom stereocenters. The number of benzene rings is 1. The van der Waals surface area contributed by atoms with Crippen molar-refractivity contribution in [2.75, 3.05) is 19.7 Å². The fourth-order valence-corrected chi connectivity index (χ4v) is 3.62. The molecule has 2 fully saturated rings. The molecule has 19 heavy (non-hydrogen) atoms. The van der Waals surface area contributed by atoms with Crippen LogP contribution < -0.4 is 0 Å². The lowest BCUT2D eigenvalue weighted by Crippen LogP contribution is -2.57. The predicted molar refractivity (Wildman–Crippen MR) is 68.9 cm³/mol. The molecular weight excluding hydrogens is 248 g/mol. The van der Waals surface area contributed by atoms with Crippen LogP contribution in [-0.2, 0) is 6.54 Å². The minimum absolute atomic E-state index is 0.294. The fraction of sp³-hybridized carbons (Fsp3) is 0.600. The van der Waals surface area contributed by atoms with Gasteiger partial charge in [-0.3, -0.25) is 4.90 Å². The highest BCUT2D eigenvalue weighted by Crippen LogP contribution is 2.56. The molecule has 1 N–H and O–H groups in total. The van der Waals surface area contributed by atoms with Gasteiger partial charge in [0.05, 0.1) is 12.0 Å². The van der Waals surface area contributed by atoms with Gasteiger partial charge in [-0.25, -0.2) is 8.78 Å². The van der Waals surface area contributed by atoms with Gasteiger partial charge in [0.1, 0.15) is 0 Å². The van der Waals surface area contributed by atoms with Gasteiger partial charge in [-0.2, -0.15) is 0 Å². The van der Waals surface area contributed by atoms with E-state index in [9.17, 15) is 13.9 Å². The zero-order valence-corrected chi connectivity index (χ0v) is 10.9. The molecule has 2 nitrogen and oxygen atoms in total. The van der Waals surface area contributed by atoms with Gasteiger partial charge < -0.3 is 5.11 Å². The first kappa shape index (κ1) is 13.0. The number of likely N-dealkylation sites (tertiary alicyclic amines) is 1. The molecule has 1 aromatic rings. The Morgan fingerprint density at radius 1 is 1.26 bits per heavy atom. The van der Waals surface area contributed by atoms with Crippen molar-refractivity contribution in [3.05, 3.63) is 35.9 Å². The Hall–Kier alpha value is -1.00. The summed E-state index contributed by atoms with van der Waals surface area (Å²) in [5.41, 5.74) is -0.0785. The van der Waals surface area contributed by atoms with Crippen molar-refractivity contribution in [2.45, 2.75) is 25.3 Å². The van der Waals surface area contributed by atoms with E-state index >= 15 is 0 Å². The molecule has 3 rings (SSSR count). The molecule has 1 saturated heterocycles. The highest BCUT2D eigenvalue weighted by Gasteiger charge is 2.65. The van der Waals surface area contributed by atoms with Crippen LogP contribution in [0.15, 0.2) is 30.3 Å². The number of hydrogen-bond acceptors (Lipinski definition) is 2. The van der Waals surface area contributed by atoms with Gasteiger partial charge in [-0.1, -0.05) is 30.3 Å². The highest BCUT2D eigenvalue weighted by atomic mass is 19.3. The van der Waals surface area contributed by atoms with Crippen molar-refractivity contribution in [2.24, 2.45) is 11.3 Å². The average Bonchev–Trinajstić information content (AvgIpc) is 2.56. The SMILES string of the molecule is OC[C@]12CC[C@H](CN(Cc3ccccc3)C1)C2(F)F. The maximum Gasteiger partial charge on any atom is 0.261 e. The van der Waals surface area contributed by atoms with Crippen molar-refractivity contribution < 1.29 is 13.9 Å². The monoisotopic (exact) mass is 267 g/mol. The molecular formula is C15H19F2NO. The maximum absolute atomic E-state index is 14.2. The predicted octanol–water partition coefficient (Wildman–Crippen LogP) is 2.53. The number of nitrogens with zero attached hydrogens (tertiary/aromatic N) is 1. The molecule has 0 spiro atoms. The summed E-state index contributed by atoms with van der Waals surface area (Å²) in [6.45, 7) is 1.00. The fourth-order valence-electron chi connectivity index (χ4n) is 3.62. The van der Waals surface area contributed by atoms with E-state index in [1.165, 1.54) is 0 Å². The van der Waals surface area contributed by atoms with Crippen LogP contribution in [0.5, 0.6) is 0 Å². The summed E-state index contributed by atoms with van der Waals surface area (Å²) in [4.78, 5) is 2.07. The van der Waals surface area contributed by atoms with Gasteiger partial charge in [-0.15, -0.1) is 0 Å². The normalized spacial score (nSPS) is 33.5. The molecule has 1 aromatic carbocycles. The number of hydrogen-bond donors (Lipinski definition) is 1. The lowest BCUT2D eigenvalue weighted by atomic mass is 9.79. The number of fused-ring (bicyclic) bond motifs is 2. The minimum Gasteiger partial charge on any atom is -0.396 e. The minimum atomic E-state index is -2.71. The van der Waals surface area contributed by atoms with Crippen LogP contribution >= 0.6 is 0 Å². The summed E-state index contributed by atoms with van der Waals surface area (Å²) < 4.78 is 28.5.